The van der Waals surface area contributed by atoms with Gasteiger partial charge in [0.2, 0.25) is 0 Å². The van der Waals surface area contributed by atoms with Crippen LogP contribution in [0.4, 0.5) is 0 Å². The molecule has 162 valence electrons. The Morgan fingerprint density at radius 3 is 2.90 bits per heavy atom. The average molecular weight is 412 g/mol. The van der Waals surface area contributed by atoms with Crippen LogP contribution in [0.15, 0.2) is 18.2 Å². The second-order valence-corrected chi connectivity index (χ2v) is 9.07. The van der Waals surface area contributed by atoms with Crippen molar-refractivity contribution in [1.82, 2.24) is 14.8 Å². The van der Waals surface area contributed by atoms with Gasteiger partial charge >= 0.3 is 5.97 Å². The molecular formula is C24H33N3O3. The number of hydrogen-bond acceptors (Lipinski definition) is 5. The van der Waals surface area contributed by atoms with Gasteiger partial charge in [0.05, 0.1) is 26.2 Å². The second-order valence-electron chi connectivity index (χ2n) is 9.07. The molecule has 0 saturated carbocycles. The monoisotopic (exact) mass is 411 g/mol. The number of methoxy groups -OCH3 is 1. The van der Waals surface area contributed by atoms with Crippen LogP contribution in [0.25, 0.3) is 10.9 Å². The molecule has 1 unspecified atom stereocenters. The van der Waals surface area contributed by atoms with Crippen molar-refractivity contribution >= 4 is 16.9 Å². The molecule has 30 heavy (non-hydrogen) atoms. The van der Waals surface area contributed by atoms with E-state index in [0.717, 1.165) is 65.2 Å². The predicted molar refractivity (Wildman–Crippen MR) is 117 cm³/mol. The van der Waals surface area contributed by atoms with Gasteiger partial charge in [0.25, 0.3) is 0 Å². The summed E-state index contributed by atoms with van der Waals surface area (Å²) in [6, 6.07) is 7.13. The number of ether oxygens (including phenoxy) is 2. The number of benzene rings is 1. The Morgan fingerprint density at radius 2 is 2.13 bits per heavy atom. The van der Waals surface area contributed by atoms with Gasteiger partial charge in [-0.25, -0.2) is 0 Å². The van der Waals surface area contributed by atoms with Gasteiger partial charge in [0.15, 0.2) is 0 Å². The number of nitrogens with zero attached hydrogens (tertiary/aromatic N) is 2. The molecule has 3 aliphatic rings. The zero-order valence-corrected chi connectivity index (χ0v) is 18.2. The zero-order valence-electron chi connectivity index (χ0n) is 18.2. The molecule has 2 saturated heterocycles. The van der Waals surface area contributed by atoms with Crippen molar-refractivity contribution in [2.75, 3.05) is 46.5 Å². The molecule has 1 aromatic carbocycles. The van der Waals surface area contributed by atoms with E-state index in [1.54, 1.807) is 0 Å². The van der Waals surface area contributed by atoms with Crippen LogP contribution < -0.4 is 0 Å². The third kappa shape index (κ3) is 3.45. The molecule has 0 radical (unpaired) electrons. The topological polar surface area (TPSA) is 57.8 Å². The second kappa shape index (κ2) is 8.33. The highest BCUT2D eigenvalue weighted by molar-refractivity contribution is 5.90. The third-order valence-electron chi connectivity index (χ3n) is 7.32. The van der Waals surface area contributed by atoms with E-state index in [9.17, 15) is 4.79 Å². The predicted octanol–water partition coefficient (Wildman–Crippen LogP) is 2.91. The number of carbonyl (C=O) groups excluding carboxylic acids is 1. The first-order chi connectivity index (χ1) is 14.7. The highest BCUT2D eigenvalue weighted by Gasteiger charge is 2.43. The van der Waals surface area contributed by atoms with E-state index in [4.69, 9.17) is 9.47 Å². The molecule has 3 heterocycles. The Labute approximate surface area is 178 Å². The molecular weight excluding hydrogens is 378 g/mol. The quantitative estimate of drug-likeness (QED) is 0.767. The van der Waals surface area contributed by atoms with Crippen LogP contribution in [-0.4, -0.2) is 73.3 Å². The molecule has 0 amide bonds. The lowest BCUT2D eigenvalue weighted by Gasteiger charge is -2.46. The van der Waals surface area contributed by atoms with Gasteiger partial charge in [-0.1, -0.05) is 19.1 Å². The number of hydrogen-bond donors (Lipinski definition) is 1. The lowest BCUT2D eigenvalue weighted by Crippen LogP contribution is -2.52. The van der Waals surface area contributed by atoms with Crippen LogP contribution in [0.5, 0.6) is 0 Å². The zero-order chi connectivity index (χ0) is 20.7. The summed E-state index contributed by atoms with van der Waals surface area (Å²) in [6.07, 6.45) is 3.05. The van der Waals surface area contributed by atoms with Crippen molar-refractivity contribution in [3.8, 4) is 0 Å². The number of esters is 1. The molecule has 3 atom stereocenters. The van der Waals surface area contributed by atoms with E-state index in [1.807, 2.05) is 0 Å². The first-order valence-corrected chi connectivity index (χ1v) is 11.4. The number of aromatic amines is 1. The molecule has 6 nitrogen and oxygen atoms in total. The highest BCUT2D eigenvalue weighted by atomic mass is 16.5. The minimum absolute atomic E-state index is 0.0358. The van der Waals surface area contributed by atoms with Crippen LogP contribution in [0, 0.1) is 5.92 Å². The van der Waals surface area contributed by atoms with Crippen LogP contribution >= 0.6 is 0 Å². The molecule has 2 aromatic rings. The van der Waals surface area contributed by atoms with Gasteiger partial charge < -0.3 is 14.5 Å². The summed E-state index contributed by atoms with van der Waals surface area (Å²) in [5.74, 6) is 0.290. The molecule has 1 aliphatic carbocycles. The minimum atomic E-state index is -0.0606. The number of carbonyl (C=O) groups is 1. The maximum Gasteiger partial charge on any atom is 0.309 e. The standard InChI is InChI=1S/C24H33N3O3/c1-3-7-27-14-16(24(28)29-2)12-18-17-5-4-6-20-23(17)19(13-22(18)27)21(25-20)15-26-8-10-30-11-9-26/h4-6,16,18,22,25H,3,7-15H2,1-2H3/t16-,18?,22+/m0/s1. The summed E-state index contributed by atoms with van der Waals surface area (Å²) < 4.78 is 10.7. The van der Waals surface area contributed by atoms with Crippen LogP contribution in [0.1, 0.15) is 42.5 Å². The lowest BCUT2D eigenvalue weighted by atomic mass is 9.71. The number of nitrogens with one attached hydrogen (secondary N) is 1. The summed E-state index contributed by atoms with van der Waals surface area (Å²) in [7, 11) is 1.52. The number of morpholine rings is 1. The summed E-state index contributed by atoms with van der Waals surface area (Å²) in [6.45, 7) is 8.68. The molecule has 6 heteroatoms. The number of H-pyrrole nitrogens is 1. The van der Waals surface area contributed by atoms with Gasteiger partial charge in [0.1, 0.15) is 0 Å². The fourth-order valence-corrected chi connectivity index (χ4v) is 5.96. The Bertz CT molecular complexity index is 918. The minimum Gasteiger partial charge on any atom is -0.469 e. The Hall–Kier alpha value is -1.89. The molecule has 1 aromatic heterocycles. The average Bonchev–Trinajstić information content (AvgIpc) is 3.12. The molecule has 5 rings (SSSR count). The number of piperidine rings is 1. The molecule has 2 aliphatic heterocycles. The lowest BCUT2D eigenvalue weighted by molar-refractivity contribution is -0.148. The number of fused-ring (bicyclic) bond motifs is 2. The maximum absolute atomic E-state index is 12.4. The highest BCUT2D eigenvalue weighted by Crippen LogP contribution is 2.46. The maximum atomic E-state index is 12.4. The Morgan fingerprint density at radius 1 is 1.30 bits per heavy atom. The molecule has 2 fully saturated rings. The van der Waals surface area contributed by atoms with Crippen molar-refractivity contribution in [2.24, 2.45) is 5.92 Å². The molecule has 0 bridgehead atoms. The summed E-state index contributed by atoms with van der Waals surface area (Å²) in [4.78, 5) is 21.2. The number of rotatable bonds is 5. The Kier molecular flexibility index (Phi) is 5.56. The number of aromatic nitrogens is 1. The summed E-state index contributed by atoms with van der Waals surface area (Å²) in [5.41, 5.74) is 5.51. The largest absolute Gasteiger partial charge is 0.469 e. The van der Waals surface area contributed by atoms with Crippen LogP contribution in [0.2, 0.25) is 0 Å². The first-order valence-electron chi connectivity index (χ1n) is 11.4. The van der Waals surface area contributed by atoms with Crippen molar-refractivity contribution in [1.29, 1.82) is 0 Å². The van der Waals surface area contributed by atoms with Gasteiger partial charge in [-0.05, 0) is 43.0 Å². The van der Waals surface area contributed by atoms with Crippen molar-refractivity contribution in [3.63, 3.8) is 0 Å². The SMILES string of the molecule is CCCN1C[C@@H](C(=O)OC)CC2c3cccc4[nH]c(CN5CCOCC5)c(c34)C[C@H]21. The van der Waals surface area contributed by atoms with Crippen LogP contribution in [-0.2, 0) is 27.2 Å². The normalized spacial score (nSPS) is 27.2. The van der Waals surface area contributed by atoms with Gasteiger partial charge in [-0.3, -0.25) is 14.6 Å². The van der Waals surface area contributed by atoms with E-state index in [2.05, 4.69) is 39.9 Å². The summed E-state index contributed by atoms with van der Waals surface area (Å²) in [5, 5.41) is 1.41. The smallest absolute Gasteiger partial charge is 0.309 e. The molecule has 0 spiro atoms. The van der Waals surface area contributed by atoms with Crippen molar-refractivity contribution in [3.05, 3.63) is 35.0 Å². The van der Waals surface area contributed by atoms with Gasteiger partial charge in [-0.2, -0.15) is 0 Å². The third-order valence-corrected chi connectivity index (χ3v) is 7.32. The van der Waals surface area contributed by atoms with E-state index in [1.165, 1.54) is 34.8 Å². The summed E-state index contributed by atoms with van der Waals surface area (Å²) >= 11 is 0. The van der Waals surface area contributed by atoms with Crippen LogP contribution in [0.3, 0.4) is 0 Å². The van der Waals surface area contributed by atoms with Crippen molar-refractivity contribution < 1.29 is 14.3 Å². The first kappa shape index (κ1) is 20.0. The van der Waals surface area contributed by atoms with E-state index < -0.39 is 0 Å². The van der Waals surface area contributed by atoms with E-state index in [0.29, 0.717) is 12.0 Å². The van der Waals surface area contributed by atoms with E-state index in [-0.39, 0.29) is 11.9 Å². The Balaban J connectivity index is 1.53. The van der Waals surface area contributed by atoms with Gasteiger partial charge in [0, 0.05) is 54.7 Å². The molecule has 1 N–H and O–H groups in total. The van der Waals surface area contributed by atoms with Crippen molar-refractivity contribution in [2.45, 2.75) is 44.7 Å². The number of likely N-dealkylation sites (tertiary alicyclic amines) is 1. The fraction of sp³-hybridized carbons (Fsp3) is 0.625. The van der Waals surface area contributed by atoms with E-state index >= 15 is 0 Å². The fourth-order valence-electron chi connectivity index (χ4n) is 5.96. The van der Waals surface area contributed by atoms with Gasteiger partial charge in [-0.15, -0.1) is 0 Å².